The summed E-state index contributed by atoms with van der Waals surface area (Å²) in [5.41, 5.74) is 13.4. The van der Waals surface area contributed by atoms with Crippen LogP contribution in [0.5, 0.6) is 0 Å². The second-order valence-electron chi connectivity index (χ2n) is 5.00. The Bertz CT molecular complexity index is 419. The molecule has 0 unspecified atom stereocenters. The Kier molecular flexibility index (Phi) is 4.33. The molecule has 2 rings (SSSR count). The lowest BCUT2D eigenvalue weighted by molar-refractivity contribution is -0.123. The third-order valence-electron chi connectivity index (χ3n) is 3.54. The van der Waals surface area contributed by atoms with Gasteiger partial charge in [-0.3, -0.25) is 9.69 Å². The van der Waals surface area contributed by atoms with E-state index in [-0.39, 0.29) is 11.8 Å². The minimum Gasteiger partial charge on any atom is -0.369 e. The molecular formula is C14H21N3O. The first-order chi connectivity index (χ1) is 8.69. The fourth-order valence-corrected chi connectivity index (χ4v) is 2.54. The molecule has 0 aromatic heterocycles. The standard InChI is InChI=1S/C14H21N3O/c15-8-11-3-1-4-12(7-11)9-17-6-2-5-13(10-17)14(16)18/h1,3-4,7,13H,2,5-6,8-10,15H2,(H2,16,18)/t13-/m1/s1. The fourth-order valence-electron chi connectivity index (χ4n) is 2.54. The lowest BCUT2D eigenvalue weighted by Crippen LogP contribution is -2.40. The van der Waals surface area contributed by atoms with Crippen LogP contribution in [0.25, 0.3) is 0 Å². The average Bonchev–Trinajstić information content (AvgIpc) is 2.39. The van der Waals surface area contributed by atoms with E-state index in [0.29, 0.717) is 6.54 Å². The van der Waals surface area contributed by atoms with E-state index in [4.69, 9.17) is 11.5 Å². The van der Waals surface area contributed by atoms with Crippen molar-refractivity contribution in [2.24, 2.45) is 17.4 Å². The molecule has 1 aliphatic heterocycles. The highest BCUT2D eigenvalue weighted by molar-refractivity contribution is 5.76. The van der Waals surface area contributed by atoms with Crippen LogP contribution < -0.4 is 11.5 Å². The number of likely N-dealkylation sites (tertiary alicyclic amines) is 1. The molecule has 18 heavy (non-hydrogen) atoms. The number of carbonyl (C=O) groups excluding carboxylic acids is 1. The summed E-state index contributed by atoms with van der Waals surface area (Å²) in [6.45, 7) is 3.26. The summed E-state index contributed by atoms with van der Waals surface area (Å²) in [6.07, 6.45) is 1.97. The predicted octanol–water partition coefficient (Wildman–Crippen LogP) is 0.843. The van der Waals surface area contributed by atoms with Crippen molar-refractivity contribution in [1.29, 1.82) is 0 Å². The molecule has 98 valence electrons. The summed E-state index contributed by atoms with van der Waals surface area (Å²) in [7, 11) is 0. The quantitative estimate of drug-likeness (QED) is 0.828. The summed E-state index contributed by atoms with van der Waals surface area (Å²) in [6, 6.07) is 8.31. The molecule has 1 amide bonds. The van der Waals surface area contributed by atoms with Gasteiger partial charge in [-0.2, -0.15) is 0 Å². The Morgan fingerprint density at radius 1 is 1.39 bits per heavy atom. The smallest absolute Gasteiger partial charge is 0.221 e. The molecule has 1 aromatic carbocycles. The highest BCUT2D eigenvalue weighted by Gasteiger charge is 2.23. The van der Waals surface area contributed by atoms with Crippen LogP contribution in [0.2, 0.25) is 0 Å². The van der Waals surface area contributed by atoms with E-state index < -0.39 is 0 Å². The van der Waals surface area contributed by atoms with Gasteiger partial charge in [-0.15, -0.1) is 0 Å². The lowest BCUT2D eigenvalue weighted by atomic mass is 9.97. The molecule has 1 aromatic rings. The van der Waals surface area contributed by atoms with Gasteiger partial charge >= 0.3 is 0 Å². The molecule has 0 saturated carbocycles. The normalized spacial score (nSPS) is 20.8. The van der Waals surface area contributed by atoms with E-state index >= 15 is 0 Å². The van der Waals surface area contributed by atoms with Crippen molar-refractivity contribution in [2.45, 2.75) is 25.9 Å². The zero-order valence-electron chi connectivity index (χ0n) is 10.6. The van der Waals surface area contributed by atoms with Crippen molar-refractivity contribution in [3.8, 4) is 0 Å². The maximum Gasteiger partial charge on any atom is 0.221 e. The second kappa shape index (κ2) is 5.98. The van der Waals surface area contributed by atoms with Gasteiger partial charge < -0.3 is 11.5 Å². The van der Waals surface area contributed by atoms with E-state index in [9.17, 15) is 4.79 Å². The molecule has 1 fully saturated rings. The number of rotatable bonds is 4. The third kappa shape index (κ3) is 3.31. The molecule has 0 spiro atoms. The summed E-state index contributed by atoms with van der Waals surface area (Å²) in [5, 5.41) is 0. The monoisotopic (exact) mass is 247 g/mol. The number of carbonyl (C=O) groups is 1. The number of primary amides is 1. The summed E-state index contributed by atoms with van der Waals surface area (Å²) in [5.74, 6) is -0.160. The van der Waals surface area contributed by atoms with Crippen molar-refractivity contribution >= 4 is 5.91 Å². The highest BCUT2D eigenvalue weighted by atomic mass is 16.1. The zero-order valence-corrected chi connectivity index (χ0v) is 10.6. The number of benzene rings is 1. The predicted molar refractivity (Wildman–Crippen MR) is 71.5 cm³/mol. The number of hydrogen-bond donors (Lipinski definition) is 2. The minimum absolute atomic E-state index is 0.0106. The van der Waals surface area contributed by atoms with Gasteiger partial charge in [0.25, 0.3) is 0 Å². The van der Waals surface area contributed by atoms with Crippen LogP contribution >= 0.6 is 0 Å². The molecular weight excluding hydrogens is 226 g/mol. The SMILES string of the molecule is NCc1cccc(CN2CCC[C@@H](C(N)=O)C2)c1. The zero-order chi connectivity index (χ0) is 13.0. The van der Waals surface area contributed by atoms with Gasteiger partial charge in [0.2, 0.25) is 5.91 Å². The topological polar surface area (TPSA) is 72.3 Å². The van der Waals surface area contributed by atoms with Crippen molar-refractivity contribution in [2.75, 3.05) is 13.1 Å². The molecule has 1 saturated heterocycles. The first-order valence-electron chi connectivity index (χ1n) is 6.48. The van der Waals surface area contributed by atoms with Gasteiger partial charge in [-0.05, 0) is 30.5 Å². The Labute approximate surface area is 108 Å². The second-order valence-corrected chi connectivity index (χ2v) is 5.00. The van der Waals surface area contributed by atoms with Crippen LogP contribution in [0.3, 0.4) is 0 Å². The number of piperidine rings is 1. The maximum absolute atomic E-state index is 11.2. The lowest BCUT2D eigenvalue weighted by Gasteiger charge is -2.31. The third-order valence-corrected chi connectivity index (χ3v) is 3.54. The number of nitrogens with zero attached hydrogens (tertiary/aromatic N) is 1. The number of amides is 1. The van der Waals surface area contributed by atoms with E-state index in [1.54, 1.807) is 0 Å². The van der Waals surface area contributed by atoms with Crippen molar-refractivity contribution in [3.05, 3.63) is 35.4 Å². The van der Waals surface area contributed by atoms with Gasteiger partial charge in [0.1, 0.15) is 0 Å². The largest absolute Gasteiger partial charge is 0.369 e. The van der Waals surface area contributed by atoms with Crippen LogP contribution in [-0.2, 0) is 17.9 Å². The summed E-state index contributed by atoms with van der Waals surface area (Å²) in [4.78, 5) is 13.5. The molecule has 4 heteroatoms. The van der Waals surface area contributed by atoms with Gasteiger partial charge in [-0.25, -0.2) is 0 Å². The van der Waals surface area contributed by atoms with Gasteiger partial charge in [-0.1, -0.05) is 24.3 Å². The Morgan fingerprint density at radius 3 is 2.89 bits per heavy atom. The van der Waals surface area contributed by atoms with Crippen molar-refractivity contribution < 1.29 is 4.79 Å². The molecule has 4 nitrogen and oxygen atoms in total. The van der Waals surface area contributed by atoms with E-state index in [1.807, 2.05) is 12.1 Å². The first kappa shape index (κ1) is 13.1. The van der Waals surface area contributed by atoms with E-state index in [1.165, 1.54) is 5.56 Å². The van der Waals surface area contributed by atoms with Crippen molar-refractivity contribution in [1.82, 2.24) is 4.90 Å². The molecule has 0 radical (unpaired) electrons. The van der Waals surface area contributed by atoms with Crippen LogP contribution in [-0.4, -0.2) is 23.9 Å². The Morgan fingerprint density at radius 2 is 2.17 bits per heavy atom. The molecule has 1 heterocycles. The van der Waals surface area contributed by atoms with Crippen LogP contribution in [0.1, 0.15) is 24.0 Å². The summed E-state index contributed by atoms with van der Waals surface area (Å²) >= 11 is 0. The number of nitrogens with two attached hydrogens (primary N) is 2. The maximum atomic E-state index is 11.2. The fraction of sp³-hybridized carbons (Fsp3) is 0.500. The molecule has 1 atom stereocenters. The highest BCUT2D eigenvalue weighted by Crippen LogP contribution is 2.18. The summed E-state index contributed by atoms with van der Waals surface area (Å²) < 4.78 is 0. The van der Waals surface area contributed by atoms with Gasteiger partial charge in [0.05, 0.1) is 5.92 Å². The number of hydrogen-bond acceptors (Lipinski definition) is 3. The van der Waals surface area contributed by atoms with Gasteiger partial charge in [0, 0.05) is 19.6 Å². The van der Waals surface area contributed by atoms with E-state index in [2.05, 4.69) is 17.0 Å². The Hall–Kier alpha value is -1.39. The van der Waals surface area contributed by atoms with Crippen LogP contribution in [0.15, 0.2) is 24.3 Å². The molecule has 0 aliphatic carbocycles. The van der Waals surface area contributed by atoms with Crippen molar-refractivity contribution in [3.63, 3.8) is 0 Å². The minimum atomic E-state index is -0.171. The van der Waals surface area contributed by atoms with Gasteiger partial charge in [0.15, 0.2) is 0 Å². The first-order valence-corrected chi connectivity index (χ1v) is 6.48. The molecule has 0 bridgehead atoms. The van der Waals surface area contributed by atoms with Crippen LogP contribution in [0.4, 0.5) is 0 Å². The Balaban J connectivity index is 1.97. The average molecular weight is 247 g/mol. The molecule has 1 aliphatic rings. The van der Waals surface area contributed by atoms with E-state index in [0.717, 1.165) is 38.0 Å². The van der Waals surface area contributed by atoms with Crippen LogP contribution in [0, 0.1) is 5.92 Å². The molecule has 4 N–H and O–H groups in total.